The average molecular weight is 302 g/mol. The van der Waals surface area contributed by atoms with Gasteiger partial charge in [0.1, 0.15) is 5.82 Å². The highest BCUT2D eigenvalue weighted by molar-refractivity contribution is 5.81. The maximum Gasteiger partial charge on any atom is 0.224 e. The Balaban J connectivity index is 1.93. The Labute approximate surface area is 129 Å². The van der Waals surface area contributed by atoms with Crippen LogP contribution >= 0.6 is 0 Å². The van der Waals surface area contributed by atoms with Crippen LogP contribution in [-0.4, -0.2) is 34.9 Å². The minimum absolute atomic E-state index is 0.0618. The summed E-state index contributed by atoms with van der Waals surface area (Å²) < 4.78 is 0. The predicted octanol–water partition coefficient (Wildman–Crippen LogP) is 1.48. The maximum atomic E-state index is 11.9. The van der Waals surface area contributed by atoms with Crippen molar-refractivity contribution in [1.82, 2.24) is 20.6 Å². The molecule has 2 rings (SSSR count). The maximum absolute atomic E-state index is 11.9. The summed E-state index contributed by atoms with van der Waals surface area (Å²) in [5.41, 5.74) is 2.80. The van der Waals surface area contributed by atoms with Gasteiger partial charge in [0.15, 0.2) is 0 Å². The van der Waals surface area contributed by atoms with E-state index in [9.17, 15) is 9.59 Å². The molecule has 6 nitrogen and oxygen atoms in total. The van der Waals surface area contributed by atoms with E-state index in [4.69, 9.17) is 0 Å². The molecular formula is C16H22N4O2. The summed E-state index contributed by atoms with van der Waals surface area (Å²) in [6, 6.07) is 5.81. The SMILES string of the molecule is CC(=O)NCCNC(=O)Cc1ccc2nc(C(C)C)[nH]c2c1. The van der Waals surface area contributed by atoms with Crippen LogP contribution in [0.5, 0.6) is 0 Å². The third kappa shape index (κ3) is 4.31. The molecule has 0 unspecified atom stereocenters. The second kappa shape index (κ2) is 7.06. The summed E-state index contributed by atoms with van der Waals surface area (Å²) in [4.78, 5) is 30.4. The number of hydrogen-bond donors (Lipinski definition) is 3. The molecule has 0 saturated heterocycles. The number of rotatable bonds is 6. The third-order valence-corrected chi connectivity index (χ3v) is 3.30. The molecule has 22 heavy (non-hydrogen) atoms. The second-order valence-electron chi connectivity index (χ2n) is 5.64. The number of benzene rings is 1. The molecule has 2 amide bonds. The summed E-state index contributed by atoms with van der Waals surface area (Å²) in [6.07, 6.45) is 0.312. The minimum Gasteiger partial charge on any atom is -0.355 e. The Kier molecular flexibility index (Phi) is 5.14. The van der Waals surface area contributed by atoms with Gasteiger partial charge >= 0.3 is 0 Å². The molecule has 118 valence electrons. The molecule has 3 N–H and O–H groups in total. The Morgan fingerprint density at radius 3 is 2.64 bits per heavy atom. The summed E-state index contributed by atoms with van der Waals surface area (Å²) in [5, 5.41) is 5.41. The van der Waals surface area contributed by atoms with Gasteiger partial charge in [-0.3, -0.25) is 9.59 Å². The summed E-state index contributed by atoms with van der Waals surface area (Å²) in [6.45, 7) is 6.50. The van der Waals surface area contributed by atoms with Crippen molar-refractivity contribution in [1.29, 1.82) is 0 Å². The van der Waals surface area contributed by atoms with Gasteiger partial charge in [-0.2, -0.15) is 0 Å². The zero-order chi connectivity index (χ0) is 16.1. The van der Waals surface area contributed by atoms with Crippen LogP contribution < -0.4 is 10.6 Å². The van der Waals surface area contributed by atoms with Gasteiger partial charge in [0.2, 0.25) is 11.8 Å². The molecule has 0 radical (unpaired) electrons. The Morgan fingerprint density at radius 2 is 1.95 bits per heavy atom. The summed E-state index contributed by atoms with van der Waals surface area (Å²) in [5.74, 6) is 1.13. The number of aromatic nitrogens is 2. The lowest BCUT2D eigenvalue weighted by atomic mass is 10.1. The van der Waals surface area contributed by atoms with Gasteiger partial charge in [0.05, 0.1) is 17.5 Å². The van der Waals surface area contributed by atoms with E-state index < -0.39 is 0 Å². The monoisotopic (exact) mass is 302 g/mol. The topological polar surface area (TPSA) is 86.9 Å². The largest absolute Gasteiger partial charge is 0.355 e. The third-order valence-electron chi connectivity index (χ3n) is 3.30. The molecule has 6 heteroatoms. The first kappa shape index (κ1) is 16.0. The smallest absolute Gasteiger partial charge is 0.224 e. The van der Waals surface area contributed by atoms with E-state index in [1.807, 2.05) is 18.2 Å². The molecule has 2 aromatic rings. The standard InChI is InChI=1S/C16H22N4O2/c1-10(2)16-19-13-5-4-12(8-14(13)20-16)9-15(22)18-7-6-17-11(3)21/h4-5,8,10H,6-7,9H2,1-3H3,(H,17,21)(H,18,22)(H,19,20). The molecule has 1 aromatic heterocycles. The number of amides is 2. The molecule has 0 aliphatic carbocycles. The van der Waals surface area contributed by atoms with Crippen LogP contribution in [0.3, 0.4) is 0 Å². The fraction of sp³-hybridized carbons (Fsp3) is 0.438. The number of imidazole rings is 1. The van der Waals surface area contributed by atoms with Gasteiger partial charge in [-0.15, -0.1) is 0 Å². The lowest BCUT2D eigenvalue weighted by Gasteiger charge is -2.05. The van der Waals surface area contributed by atoms with Crippen molar-refractivity contribution in [3.8, 4) is 0 Å². The van der Waals surface area contributed by atoms with Gasteiger partial charge < -0.3 is 15.6 Å². The van der Waals surface area contributed by atoms with Crippen LogP contribution in [0.4, 0.5) is 0 Å². The van der Waals surface area contributed by atoms with Crippen LogP contribution in [-0.2, 0) is 16.0 Å². The highest BCUT2D eigenvalue weighted by Crippen LogP contribution is 2.18. The molecule has 0 spiro atoms. The number of nitrogens with one attached hydrogen (secondary N) is 3. The van der Waals surface area contributed by atoms with Crippen LogP contribution in [0.25, 0.3) is 11.0 Å². The van der Waals surface area contributed by atoms with E-state index in [2.05, 4.69) is 34.4 Å². The number of H-pyrrole nitrogens is 1. The fourth-order valence-corrected chi connectivity index (χ4v) is 2.15. The van der Waals surface area contributed by atoms with Crippen LogP contribution in [0, 0.1) is 0 Å². The fourth-order valence-electron chi connectivity index (χ4n) is 2.15. The molecule has 0 bridgehead atoms. The van der Waals surface area contributed by atoms with E-state index in [-0.39, 0.29) is 11.8 Å². The molecule has 0 fully saturated rings. The highest BCUT2D eigenvalue weighted by Gasteiger charge is 2.08. The number of fused-ring (bicyclic) bond motifs is 1. The Morgan fingerprint density at radius 1 is 1.23 bits per heavy atom. The van der Waals surface area contributed by atoms with Crippen molar-refractivity contribution in [3.05, 3.63) is 29.6 Å². The van der Waals surface area contributed by atoms with Gasteiger partial charge in [-0.05, 0) is 17.7 Å². The zero-order valence-electron chi connectivity index (χ0n) is 13.2. The van der Waals surface area contributed by atoms with Crippen molar-refractivity contribution in [2.75, 3.05) is 13.1 Å². The van der Waals surface area contributed by atoms with Crippen molar-refractivity contribution in [2.24, 2.45) is 0 Å². The highest BCUT2D eigenvalue weighted by atomic mass is 16.2. The summed E-state index contributed by atoms with van der Waals surface area (Å²) in [7, 11) is 0. The van der Waals surface area contributed by atoms with E-state index in [1.54, 1.807) is 0 Å². The van der Waals surface area contributed by atoms with Gasteiger partial charge in [-0.25, -0.2) is 4.98 Å². The van der Waals surface area contributed by atoms with Crippen molar-refractivity contribution in [2.45, 2.75) is 33.1 Å². The van der Waals surface area contributed by atoms with Gasteiger partial charge in [-0.1, -0.05) is 19.9 Å². The number of nitrogens with zero attached hydrogens (tertiary/aromatic N) is 1. The Bertz CT molecular complexity index is 676. The van der Waals surface area contributed by atoms with Crippen molar-refractivity contribution < 1.29 is 9.59 Å². The molecule has 0 aliphatic rings. The van der Waals surface area contributed by atoms with Crippen molar-refractivity contribution >= 4 is 22.8 Å². The second-order valence-corrected chi connectivity index (χ2v) is 5.64. The van der Waals surface area contributed by atoms with E-state index >= 15 is 0 Å². The van der Waals surface area contributed by atoms with Crippen LogP contribution in [0.1, 0.15) is 38.1 Å². The Hall–Kier alpha value is -2.37. The lowest BCUT2D eigenvalue weighted by Crippen LogP contribution is -2.34. The summed E-state index contributed by atoms with van der Waals surface area (Å²) >= 11 is 0. The first-order chi connectivity index (χ1) is 10.5. The molecule has 1 heterocycles. The molecular weight excluding hydrogens is 280 g/mol. The minimum atomic E-state index is -0.0973. The van der Waals surface area contributed by atoms with Gasteiger partial charge in [0, 0.05) is 25.9 Å². The van der Waals surface area contributed by atoms with Gasteiger partial charge in [0.25, 0.3) is 0 Å². The quantitative estimate of drug-likeness (QED) is 0.706. The molecule has 1 aromatic carbocycles. The molecule has 0 saturated carbocycles. The zero-order valence-corrected chi connectivity index (χ0v) is 13.2. The first-order valence-electron chi connectivity index (χ1n) is 7.45. The van der Waals surface area contributed by atoms with E-state index in [1.165, 1.54) is 6.92 Å². The number of hydrogen-bond acceptors (Lipinski definition) is 3. The predicted molar refractivity (Wildman–Crippen MR) is 85.6 cm³/mol. The number of aromatic amines is 1. The average Bonchev–Trinajstić information content (AvgIpc) is 2.87. The number of carbonyl (C=O) groups excluding carboxylic acids is 2. The van der Waals surface area contributed by atoms with Crippen LogP contribution in [0.15, 0.2) is 18.2 Å². The normalized spacial score (nSPS) is 10.9. The van der Waals surface area contributed by atoms with E-state index in [0.717, 1.165) is 22.4 Å². The molecule has 0 aliphatic heterocycles. The van der Waals surface area contributed by atoms with Crippen molar-refractivity contribution in [3.63, 3.8) is 0 Å². The first-order valence-corrected chi connectivity index (χ1v) is 7.45. The molecule has 0 atom stereocenters. The lowest BCUT2D eigenvalue weighted by molar-refractivity contribution is -0.121. The number of carbonyl (C=O) groups is 2. The van der Waals surface area contributed by atoms with E-state index in [0.29, 0.717) is 25.4 Å². The van der Waals surface area contributed by atoms with Crippen LogP contribution in [0.2, 0.25) is 0 Å².